The van der Waals surface area contributed by atoms with Gasteiger partial charge in [-0.3, -0.25) is 9.48 Å². The van der Waals surface area contributed by atoms with Gasteiger partial charge >= 0.3 is 0 Å². The van der Waals surface area contributed by atoms with Crippen LogP contribution in [0.4, 0.5) is 0 Å². The van der Waals surface area contributed by atoms with E-state index in [9.17, 15) is 4.79 Å². The number of piperazine rings is 1. The fourth-order valence-corrected chi connectivity index (χ4v) is 7.37. The molecule has 1 saturated heterocycles. The minimum atomic E-state index is 0.0252. The molecular weight excluding hydrogens is 526 g/mol. The van der Waals surface area contributed by atoms with E-state index >= 15 is 0 Å². The van der Waals surface area contributed by atoms with Crippen molar-refractivity contribution >= 4 is 33.4 Å². The molecule has 1 N–H and O–H groups in total. The number of rotatable bonds is 8. The van der Waals surface area contributed by atoms with Gasteiger partial charge in [0.05, 0.1) is 22.5 Å². The second-order valence-corrected chi connectivity index (χ2v) is 11.9. The quantitative estimate of drug-likeness (QED) is 0.253. The van der Waals surface area contributed by atoms with E-state index in [2.05, 4.69) is 56.2 Å². The van der Waals surface area contributed by atoms with E-state index in [1.54, 1.807) is 0 Å². The molecule has 2 aromatic carbocycles. The molecule has 1 fully saturated rings. The monoisotopic (exact) mass is 567 g/mol. The van der Waals surface area contributed by atoms with Crippen LogP contribution in [-0.2, 0) is 37.8 Å². The number of hydrogen-bond donors (Lipinski definition) is 1. The van der Waals surface area contributed by atoms with Gasteiger partial charge in [-0.05, 0) is 75.0 Å². The van der Waals surface area contributed by atoms with Crippen molar-refractivity contribution in [1.82, 2.24) is 29.5 Å². The summed E-state index contributed by atoms with van der Waals surface area (Å²) < 4.78 is 4.44. The molecule has 0 atom stereocenters. The van der Waals surface area contributed by atoms with Gasteiger partial charge in [0.15, 0.2) is 0 Å². The molecular formula is C33H41N7O2. The maximum absolute atomic E-state index is 13.4. The van der Waals surface area contributed by atoms with Gasteiger partial charge in [0.1, 0.15) is 6.61 Å². The summed E-state index contributed by atoms with van der Waals surface area (Å²) in [5.41, 5.74) is 10.9. The SMILES string of the molecule is CCON=C(C)c1ccc2c(c1)c1c3c(c4c(c1n2CCCN1CCN(CC)CC1)CCc1nn(C)cc1-4)C(=O)NC3. The predicted molar refractivity (Wildman–Crippen MR) is 167 cm³/mol. The number of fused-ring (bicyclic) bond motifs is 10. The topological polar surface area (TPSA) is 79.9 Å². The van der Waals surface area contributed by atoms with Crippen molar-refractivity contribution in [3.8, 4) is 11.1 Å². The standard InChI is InChI=1S/C33H41N7O2/c1-5-38-14-16-39(17-15-38)12-7-13-40-28-11-8-22(21(3)36-42-6-2)18-24(28)30-25-19-34-33(41)31(25)29-23(32(30)40)9-10-27-26(29)20-37(4)35-27/h8,11,18,20H,5-7,9-10,12-17,19H2,1-4H3,(H,34,41). The molecule has 0 unspecified atom stereocenters. The second kappa shape index (κ2) is 10.9. The lowest BCUT2D eigenvalue weighted by Gasteiger charge is -2.34. The Balaban J connectivity index is 1.40. The van der Waals surface area contributed by atoms with Gasteiger partial charge < -0.3 is 24.5 Å². The molecule has 0 spiro atoms. The Morgan fingerprint density at radius 2 is 1.86 bits per heavy atom. The lowest BCUT2D eigenvalue weighted by molar-refractivity contribution is 0.0966. The number of nitrogens with zero attached hydrogens (tertiary/aromatic N) is 6. The van der Waals surface area contributed by atoms with Crippen LogP contribution in [0.3, 0.4) is 0 Å². The molecule has 1 aliphatic carbocycles. The van der Waals surface area contributed by atoms with Gasteiger partial charge in [0.2, 0.25) is 0 Å². The van der Waals surface area contributed by atoms with E-state index < -0.39 is 0 Å². The van der Waals surface area contributed by atoms with Crippen molar-refractivity contribution in [3.05, 3.63) is 52.3 Å². The molecule has 4 heterocycles. The Bertz CT molecular complexity index is 1720. The Morgan fingerprint density at radius 3 is 2.64 bits per heavy atom. The number of carbonyl (C=O) groups is 1. The first-order chi connectivity index (χ1) is 20.5. The minimum Gasteiger partial charge on any atom is -0.396 e. The molecule has 0 radical (unpaired) electrons. The first-order valence-corrected chi connectivity index (χ1v) is 15.5. The maximum Gasteiger partial charge on any atom is 0.252 e. The summed E-state index contributed by atoms with van der Waals surface area (Å²) >= 11 is 0. The lowest BCUT2D eigenvalue weighted by Crippen LogP contribution is -2.46. The third-order valence-corrected chi connectivity index (χ3v) is 9.46. The number of carbonyl (C=O) groups excluding carboxylic acids is 1. The van der Waals surface area contributed by atoms with Crippen LogP contribution in [0, 0.1) is 0 Å². The van der Waals surface area contributed by atoms with Crippen LogP contribution in [0.25, 0.3) is 32.9 Å². The molecule has 3 aliphatic rings. The summed E-state index contributed by atoms with van der Waals surface area (Å²) in [6, 6.07) is 6.66. The van der Waals surface area contributed by atoms with Gasteiger partial charge in [-0.1, -0.05) is 18.1 Å². The molecule has 7 rings (SSSR count). The van der Waals surface area contributed by atoms with Crippen molar-refractivity contribution in [1.29, 1.82) is 0 Å². The number of hydrogen-bond acceptors (Lipinski definition) is 6. The zero-order valence-corrected chi connectivity index (χ0v) is 25.3. The number of amides is 1. The fraction of sp³-hybridized carbons (Fsp3) is 0.485. The first kappa shape index (κ1) is 27.2. The molecule has 42 heavy (non-hydrogen) atoms. The Morgan fingerprint density at radius 1 is 1.05 bits per heavy atom. The van der Waals surface area contributed by atoms with E-state index in [0.717, 1.165) is 104 Å². The summed E-state index contributed by atoms with van der Waals surface area (Å²) in [6.45, 7) is 15.0. The zero-order valence-electron chi connectivity index (χ0n) is 25.3. The molecule has 1 amide bonds. The first-order valence-electron chi connectivity index (χ1n) is 15.5. The summed E-state index contributed by atoms with van der Waals surface area (Å²) in [5.74, 6) is 0.0252. The van der Waals surface area contributed by atoms with Crippen molar-refractivity contribution in [3.63, 3.8) is 0 Å². The largest absolute Gasteiger partial charge is 0.396 e. The average Bonchev–Trinajstić information content (AvgIpc) is 3.68. The van der Waals surface area contributed by atoms with Gasteiger partial charge in [-0.25, -0.2) is 0 Å². The number of benzene rings is 2. The summed E-state index contributed by atoms with van der Waals surface area (Å²) in [7, 11) is 1.97. The van der Waals surface area contributed by atoms with E-state index in [0.29, 0.717) is 13.2 Å². The van der Waals surface area contributed by atoms with Crippen LogP contribution < -0.4 is 5.32 Å². The molecule has 2 aromatic heterocycles. The normalized spacial score (nSPS) is 17.5. The van der Waals surface area contributed by atoms with Crippen LogP contribution in [0.1, 0.15) is 59.9 Å². The Labute approximate surface area is 247 Å². The fourth-order valence-electron chi connectivity index (χ4n) is 7.37. The molecule has 9 nitrogen and oxygen atoms in total. The number of likely N-dealkylation sites (N-methyl/N-ethyl adjacent to an activating group) is 1. The van der Waals surface area contributed by atoms with Crippen LogP contribution >= 0.6 is 0 Å². The van der Waals surface area contributed by atoms with Gasteiger partial charge in [-0.2, -0.15) is 5.10 Å². The third kappa shape index (κ3) is 4.41. The number of nitrogens with one attached hydrogen (secondary N) is 1. The van der Waals surface area contributed by atoms with Gasteiger partial charge in [-0.15, -0.1) is 0 Å². The van der Waals surface area contributed by atoms with Gasteiger partial charge in [0.25, 0.3) is 5.91 Å². The second-order valence-electron chi connectivity index (χ2n) is 11.9. The van der Waals surface area contributed by atoms with Crippen LogP contribution in [0.2, 0.25) is 0 Å². The van der Waals surface area contributed by atoms with E-state index in [1.807, 2.05) is 25.6 Å². The average molecular weight is 568 g/mol. The summed E-state index contributed by atoms with van der Waals surface area (Å²) in [5, 5.41) is 14.7. The molecule has 220 valence electrons. The smallest absolute Gasteiger partial charge is 0.252 e. The Kier molecular flexibility index (Phi) is 7.02. The highest BCUT2D eigenvalue weighted by molar-refractivity contribution is 6.20. The van der Waals surface area contributed by atoms with Crippen molar-refractivity contribution in [2.45, 2.75) is 53.1 Å². The van der Waals surface area contributed by atoms with Crippen molar-refractivity contribution in [2.75, 3.05) is 45.9 Å². The lowest BCUT2D eigenvalue weighted by atomic mass is 9.82. The van der Waals surface area contributed by atoms with E-state index in [-0.39, 0.29) is 5.91 Å². The van der Waals surface area contributed by atoms with Crippen molar-refractivity contribution in [2.24, 2.45) is 12.2 Å². The van der Waals surface area contributed by atoms with Gasteiger partial charge in [0, 0.05) is 79.9 Å². The van der Waals surface area contributed by atoms with Crippen LogP contribution in [0.15, 0.2) is 29.6 Å². The highest BCUT2D eigenvalue weighted by Gasteiger charge is 2.35. The molecule has 2 aliphatic heterocycles. The highest BCUT2D eigenvalue weighted by atomic mass is 16.6. The third-order valence-electron chi connectivity index (χ3n) is 9.46. The van der Waals surface area contributed by atoms with Crippen LogP contribution in [-0.4, -0.2) is 81.6 Å². The number of aryl methyl sites for hydroxylation is 4. The molecule has 0 saturated carbocycles. The Hall–Kier alpha value is -3.69. The highest BCUT2D eigenvalue weighted by Crippen LogP contribution is 2.46. The van der Waals surface area contributed by atoms with Crippen molar-refractivity contribution < 1.29 is 9.63 Å². The molecule has 9 heteroatoms. The van der Waals surface area contributed by atoms with Crippen LogP contribution in [0.5, 0.6) is 0 Å². The molecule has 4 aromatic rings. The maximum atomic E-state index is 13.4. The zero-order chi connectivity index (χ0) is 29.0. The van der Waals surface area contributed by atoms with E-state index in [4.69, 9.17) is 9.94 Å². The number of oxime groups is 1. The summed E-state index contributed by atoms with van der Waals surface area (Å²) in [6.07, 6.45) is 4.94. The number of aromatic nitrogens is 3. The van der Waals surface area contributed by atoms with E-state index in [1.165, 1.54) is 27.4 Å². The predicted octanol–water partition coefficient (Wildman–Crippen LogP) is 4.33. The molecule has 0 bridgehead atoms. The summed E-state index contributed by atoms with van der Waals surface area (Å²) in [4.78, 5) is 24.0. The minimum absolute atomic E-state index is 0.0252.